The summed E-state index contributed by atoms with van der Waals surface area (Å²) in [5.41, 5.74) is 0.970. The van der Waals surface area contributed by atoms with E-state index in [1.165, 1.54) is 19.8 Å². The molecule has 2 aliphatic heterocycles. The first kappa shape index (κ1) is 17.7. The summed E-state index contributed by atoms with van der Waals surface area (Å²) in [6, 6.07) is 1.61. The number of nitrogens with zero attached hydrogens (tertiary/aromatic N) is 2. The van der Waals surface area contributed by atoms with Crippen molar-refractivity contribution in [2.24, 2.45) is 5.92 Å². The van der Waals surface area contributed by atoms with E-state index in [2.05, 4.69) is 4.98 Å². The molecule has 25 heavy (non-hydrogen) atoms. The summed E-state index contributed by atoms with van der Waals surface area (Å²) in [5.74, 6) is 0.163. The minimum Gasteiger partial charge on any atom is -0.356 e. The molecule has 0 atom stereocenters. The number of ketones is 1. The number of amides is 2. The normalized spacial score (nSPS) is 19.6. The van der Waals surface area contributed by atoms with Crippen molar-refractivity contribution in [2.75, 3.05) is 26.2 Å². The fraction of sp³-hybridized carbons (Fsp3) is 0.632. The standard InChI is InChI=1S/C19H27N3O3/c1-14(23)16-12-17(20-13-16)19(25)22-10-6-15(7-11-22)18(24)21-8-4-2-3-5-9-21/h12-13,15,20H,2-11H2,1H3. The molecule has 6 heteroatoms. The van der Waals surface area contributed by atoms with Gasteiger partial charge in [-0.05, 0) is 38.7 Å². The number of likely N-dealkylation sites (tertiary alicyclic amines) is 2. The van der Waals surface area contributed by atoms with Gasteiger partial charge in [-0.1, -0.05) is 12.8 Å². The number of Topliss-reactive ketones (excluding diaryl/α,β-unsaturated/α-hetero) is 1. The monoisotopic (exact) mass is 345 g/mol. The van der Waals surface area contributed by atoms with Gasteiger partial charge in [0.2, 0.25) is 5.91 Å². The number of carbonyl (C=O) groups excluding carboxylic acids is 3. The van der Waals surface area contributed by atoms with E-state index in [4.69, 9.17) is 0 Å². The number of nitrogens with one attached hydrogen (secondary N) is 1. The molecule has 0 spiro atoms. The molecular formula is C19H27N3O3. The fourth-order valence-corrected chi connectivity index (χ4v) is 3.77. The minimum atomic E-state index is -0.0897. The van der Waals surface area contributed by atoms with E-state index >= 15 is 0 Å². The Morgan fingerprint density at radius 3 is 2.16 bits per heavy atom. The average molecular weight is 345 g/mol. The molecule has 0 aliphatic carbocycles. The number of H-pyrrole nitrogens is 1. The third kappa shape index (κ3) is 4.11. The van der Waals surface area contributed by atoms with E-state index in [1.54, 1.807) is 17.2 Å². The number of aromatic amines is 1. The van der Waals surface area contributed by atoms with Gasteiger partial charge in [-0.15, -0.1) is 0 Å². The van der Waals surface area contributed by atoms with E-state index in [9.17, 15) is 14.4 Å². The minimum absolute atomic E-state index is 0.0403. The molecule has 136 valence electrons. The Balaban J connectivity index is 1.54. The molecule has 0 unspecified atom stereocenters. The van der Waals surface area contributed by atoms with Crippen LogP contribution in [-0.4, -0.2) is 58.6 Å². The van der Waals surface area contributed by atoms with Gasteiger partial charge in [-0.3, -0.25) is 14.4 Å². The van der Waals surface area contributed by atoms with Crippen LogP contribution in [-0.2, 0) is 4.79 Å². The Kier molecular flexibility index (Phi) is 5.56. The molecule has 1 aromatic heterocycles. The number of hydrogen-bond acceptors (Lipinski definition) is 3. The van der Waals surface area contributed by atoms with Crippen LogP contribution >= 0.6 is 0 Å². The maximum Gasteiger partial charge on any atom is 0.270 e. The SMILES string of the molecule is CC(=O)c1c[nH]c(C(=O)N2CCC(C(=O)N3CCCCCC3)CC2)c1. The van der Waals surface area contributed by atoms with Gasteiger partial charge >= 0.3 is 0 Å². The third-order valence-corrected chi connectivity index (χ3v) is 5.37. The molecule has 2 fully saturated rings. The predicted octanol–water partition coefficient (Wildman–Crippen LogP) is 2.47. The summed E-state index contributed by atoms with van der Waals surface area (Å²) in [4.78, 5) is 43.3. The van der Waals surface area contributed by atoms with Crippen LogP contribution in [0.1, 0.15) is 66.3 Å². The molecular weight excluding hydrogens is 318 g/mol. The van der Waals surface area contributed by atoms with Crippen LogP contribution in [0, 0.1) is 5.92 Å². The van der Waals surface area contributed by atoms with Gasteiger partial charge in [-0.25, -0.2) is 0 Å². The molecule has 2 aliphatic rings. The van der Waals surface area contributed by atoms with Gasteiger partial charge in [-0.2, -0.15) is 0 Å². The van der Waals surface area contributed by atoms with Gasteiger partial charge < -0.3 is 14.8 Å². The highest BCUT2D eigenvalue weighted by molar-refractivity contribution is 5.99. The van der Waals surface area contributed by atoms with E-state index in [1.807, 2.05) is 4.90 Å². The van der Waals surface area contributed by atoms with Crippen molar-refractivity contribution in [3.05, 3.63) is 23.5 Å². The largest absolute Gasteiger partial charge is 0.356 e. The van der Waals surface area contributed by atoms with Crippen molar-refractivity contribution in [1.29, 1.82) is 0 Å². The zero-order chi connectivity index (χ0) is 17.8. The molecule has 3 heterocycles. The second kappa shape index (κ2) is 7.85. The van der Waals surface area contributed by atoms with Crippen LogP contribution in [0.5, 0.6) is 0 Å². The van der Waals surface area contributed by atoms with Crippen molar-refractivity contribution in [3.8, 4) is 0 Å². The lowest BCUT2D eigenvalue weighted by molar-refractivity contribution is -0.136. The van der Waals surface area contributed by atoms with E-state index in [0.29, 0.717) is 24.3 Å². The van der Waals surface area contributed by atoms with Crippen molar-refractivity contribution >= 4 is 17.6 Å². The van der Waals surface area contributed by atoms with Crippen molar-refractivity contribution in [1.82, 2.24) is 14.8 Å². The van der Waals surface area contributed by atoms with Gasteiger partial charge in [0, 0.05) is 43.9 Å². The highest BCUT2D eigenvalue weighted by Crippen LogP contribution is 2.23. The van der Waals surface area contributed by atoms with Gasteiger partial charge in [0.05, 0.1) is 0 Å². The molecule has 3 rings (SSSR count). The summed E-state index contributed by atoms with van der Waals surface area (Å²) in [6.45, 7) is 4.44. The smallest absolute Gasteiger partial charge is 0.270 e. The summed E-state index contributed by atoms with van der Waals surface area (Å²) in [7, 11) is 0. The summed E-state index contributed by atoms with van der Waals surface area (Å²) < 4.78 is 0. The molecule has 1 N–H and O–H groups in total. The zero-order valence-corrected chi connectivity index (χ0v) is 14.9. The predicted molar refractivity (Wildman–Crippen MR) is 94.5 cm³/mol. The van der Waals surface area contributed by atoms with Crippen LogP contribution in [0.3, 0.4) is 0 Å². The summed E-state index contributed by atoms with van der Waals surface area (Å²) in [5, 5.41) is 0. The van der Waals surface area contributed by atoms with Crippen molar-refractivity contribution < 1.29 is 14.4 Å². The number of rotatable bonds is 3. The van der Waals surface area contributed by atoms with Gasteiger partial charge in [0.1, 0.15) is 5.69 Å². The quantitative estimate of drug-likeness (QED) is 0.855. The molecule has 0 radical (unpaired) electrons. The van der Waals surface area contributed by atoms with Crippen LogP contribution in [0.4, 0.5) is 0 Å². The first-order valence-corrected chi connectivity index (χ1v) is 9.33. The van der Waals surface area contributed by atoms with E-state index < -0.39 is 0 Å². The Morgan fingerprint density at radius 2 is 1.60 bits per heavy atom. The lowest BCUT2D eigenvalue weighted by Gasteiger charge is -2.33. The molecule has 2 saturated heterocycles. The number of aromatic nitrogens is 1. The van der Waals surface area contributed by atoms with Gasteiger partial charge in [0.15, 0.2) is 5.78 Å². The molecule has 0 bridgehead atoms. The first-order chi connectivity index (χ1) is 12.1. The zero-order valence-electron chi connectivity index (χ0n) is 14.9. The molecule has 1 aromatic rings. The third-order valence-electron chi connectivity index (χ3n) is 5.37. The lowest BCUT2D eigenvalue weighted by atomic mass is 9.95. The van der Waals surface area contributed by atoms with Crippen LogP contribution in [0.15, 0.2) is 12.3 Å². The van der Waals surface area contributed by atoms with Crippen LogP contribution in [0.25, 0.3) is 0 Å². The highest BCUT2D eigenvalue weighted by atomic mass is 16.2. The molecule has 0 saturated carbocycles. The van der Waals surface area contributed by atoms with Gasteiger partial charge in [0.25, 0.3) is 5.91 Å². The Bertz CT molecular complexity index is 636. The second-order valence-corrected chi connectivity index (χ2v) is 7.16. The Labute approximate surface area is 148 Å². The average Bonchev–Trinajstić information content (AvgIpc) is 2.97. The van der Waals surface area contributed by atoms with E-state index in [-0.39, 0.29) is 23.5 Å². The fourth-order valence-electron chi connectivity index (χ4n) is 3.77. The topological polar surface area (TPSA) is 73.5 Å². The molecule has 2 amide bonds. The maximum atomic E-state index is 12.7. The van der Waals surface area contributed by atoms with E-state index in [0.717, 1.165) is 38.8 Å². The van der Waals surface area contributed by atoms with Crippen molar-refractivity contribution in [2.45, 2.75) is 45.4 Å². The number of piperidine rings is 1. The second-order valence-electron chi connectivity index (χ2n) is 7.16. The number of carbonyl (C=O) groups is 3. The lowest BCUT2D eigenvalue weighted by Crippen LogP contribution is -2.44. The van der Waals surface area contributed by atoms with Crippen molar-refractivity contribution in [3.63, 3.8) is 0 Å². The highest BCUT2D eigenvalue weighted by Gasteiger charge is 2.31. The number of hydrogen-bond donors (Lipinski definition) is 1. The first-order valence-electron chi connectivity index (χ1n) is 9.33. The molecule has 0 aromatic carbocycles. The van der Waals surface area contributed by atoms with Crippen LogP contribution < -0.4 is 0 Å². The molecule has 6 nitrogen and oxygen atoms in total. The maximum absolute atomic E-state index is 12.7. The Hall–Kier alpha value is -2.11. The summed E-state index contributed by atoms with van der Waals surface area (Å²) in [6.07, 6.45) is 7.67. The Morgan fingerprint density at radius 1 is 0.960 bits per heavy atom. The summed E-state index contributed by atoms with van der Waals surface area (Å²) >= 11 is 0. The van der Waals surface area contributed by atoms with Crippen LogP contribution in [0.2, 0.25) is 0 Å².